The van der Waals surface area contributed by atoms with Gasteiger partial charge in [-0.3, -0.25) is 4.79 Å². The number of amides is 1. The Bertz CT molecular complexity index is 566. The number of nitrogens with one attached hydrogen (secondary N) is 1. The smallest absolute Gasteiger partial charge is 0.248 e. The third-order valence-electron chi connectivity index (χ3n) is 3.27. The van der Waals surface area contributed by atoms with E-state index in [4.69, 9.17) is 5.73 Å². The van der Waals surface area contributed by atoms with E-state index < -0.39 is 5.91 Å². The maximum atomic E-state index is 11.1. The number of carbonyl (C=O) groups excluding carboxylic acids is 1. The fraction of sp³-hybridized carbons (Fsp3) is 0.235. The van der Waals surface area contributed by atoms with E-state index in [1.54, 1.807) is 12.1 Å². The van der Waals surface area contributed by atoms with Crippen molar-refractivity contribution in [3.05, 3.63) is 65.7 Å². The Balaban J connectivity index is 1.89. The molecule has 104 valence electrons. The van der Waals surface area contributed by atoms with Crippen LogP contribution in [-0.2, 0) is 6.42 Å². The summed E-state index contributed by atoms with van der Waals surface area (Å²) in [5.74, 6) is -0.398. The molecular formula is C17H20N2O. The zero-order valence-corrected chi connectivity index (χ0v) is 11.7. The zero-order valence-electron chi connectivity index (χ0n) is 11.7. The Morgan fingerprint density at radius 3 is 2.60 bits per heavy atom. The molecule has 0 aromatic heterocycles. The third kappa shape index (κ3) is 4.12. The van der Waals surface area contributed by atoms with E-state index in [1.165, 1.54) is 5.56 Å². The molecule has 0 heterocycles. The first kappa shape index (κ1) is 14.1. The van der Waals surface area contributed by atoms with Crippen LogP contribution in [0.1, 0.15) is 29.3 Å². The Kier molecular flexibility index (Phi) is 4.77. The van der Waals surface area contributed by atoms with Gasteiger partial charge in [-0.05, 0) is 43.5 Å². The van der Waals surface area contributed by atoms with Gasteiger partial charge in [0.1, 0.15) is 0 Å². The Hall–Kier alpha value is -2.29. The summed E-state index contributed by atoms with van der Waals surface area (Å²) in [4.78, 5) is 11.1. The van der Waals surface area contributed by atoms with Crippen LogP contribution in [0.25, 0.3) is 0 Å². The second-order valence-corrected chi connectivity index (χ2v) is 5.01. The Morgan fingerprint density at radius 1 is 1.15 bits per heavy atom. The minimum Gasteiger partial charge on any atom is -0.383 e. The molecule has 1 unspecified atom stereocenters. The lowest BCUT2D eigenvalue weighted by atomic mass is 10.1. The first-order valence-corrected chi connectivity index (χ1v) is 6.85. The number of aryl methyl sites for hydroxylation is 1. The van der Waals surface area contributed by atoms with Gasteiger partial charge in [-0.25, -0.2) is 0 Å². The lowest BCUT2D eigenvalue weighted by Gasteiger charge is -2.15. The van der Waals surface area contributed by atoms with Gasteiger partial charge in [-0.15, -0.1) is 0 Å². The highest BCUT2D eigenvalue weighted by molar-refractivity contribution is 5.93. The van der Waals surface area contributed by atoms with Crippen LogP contribution >= 0.6 is 0 Å². The topological polar surface area (TPSA) is 55.1 Å². The molecule has 1 atom stereocenters. The van der Waals surface area contributed by atoms with Crippen LogP contribution < -0.4 is 11.1 Å². The van der Waals surface area contributed by atoms with Crippen LogP contribution in [0.4, 0.5) is 5.69 Å². The van der Waals surface area contributed by atoms with Crippen molar-refractivity contribution in [3.8, 4) is 0 Å². The predicted octanol–water partition coefficient (Wildman–Crippen LogP) is 3.22. The van der Waals surface area contributed by atoms with E-state index in [0.29, 0.717) is 11.6 Å². The number of nitrogens with two attached hydrogens (primary N) is 1. The quantitative estimate of drug-likeness (QED) is 0.845. The molecule has 20 heavy (non-hydrogen) atoms. The standard InChI is InChI=1S/C17H20N2O/c1-13(10-11-14-6-3-2-4-7-14)19-16-9-5-8-15(12-16)17(18)20/h2-9,12-13,19H,10-11H2,1H3,(H2,18,20). The molecule has 0 aliphatic rings. The number of rotatable bonds is 6. The van der Waals surface area contributed by atoms with Crippen molar-refractivity contribution in [1.29, 1.82) is 0 Å². The van der Waals surface area contributed by atoms with E-state index in [9.17, 15) is 4.79 Å². The molecule has 0 aliphatic carbocycles. The van der Waals surface area contributed by atoms with Crippen molar-refractivity contribution < 1.29 is 4.79 Å². The maximum Gasteiger partial charge on any atom is 0.248 e. The highest BCUT2D eigenvalue weighted by Gasteiger charge is 2.05. The third-order valence-corrected chi connectivity index (χ3v) is 3.27. The molecule has 3 nitrogen and oxygen atoms in total. The molecule has 0 fully saturated rings. The van der Waals surface area contributed by atoms with Crippen molar-refractivity contribution in [2.24, 2.45) is 5.73 Å². The molecule has 2 aromatic rings. The molecule has 0 saturated carbocycles. The van der Waals surface area contributed by atoms with Gasteiger partial charge in [0.05, 0.1) is 0 Å². The number of primary amides is 1. The molecule has 0 aliphatic heterocycles. The fourth-order valence-electron chi connectivity index (χ4n) is 2.15. The van der Waals surface area contributed by atoms with Crippen LogP contribution in [-0.4, -0.2) is 11.9 Å². The summed E-state index contributed by atoms with van der Waals surface area (Å²) in [6.07, 6.45) is 2.06. The SMILES string of the molecule is CC(CCc1ccccc1)Nc1cccc(C(N)=O)c1. The summed E-state index contributed by atoms with van der Waals surface area (Å²) in [6.45, 7) is 2.14. The van der Waals surface area contributed by atoms with Crippen LogP contribution in [0.5, 0.6) is 0 Å². The molecule has 3 N–H and O–H groups in total. The van der Waals surface area contributed by atoms with Gasteiger partial charge in [0.25, 0.3) is 0 Å². The molecule has 3 heteroatoms. The molecule has 1 amide bonds. The van der Waals surface area contributed by atoms with Crippen LogP contribution in [0.15, 0.2) is 54.6 Å². The van der Waals surface area contributed by atoms with Crippen LogP contribution in [0.3, 0.4) is 0 Å². The minimum absolute atomic E-state index is 0.332. The van der Waals surface area contributed by atoms with Crippen molar-refractivity contribution >= 4 is 11.6 Å². The number of hydrogen-bond donors (Lipinski definition) is 2. The lowest BCUT2D eigenvalue weighted by Crippen LogP contribution is -2.17. The van der Waals surface area contributed by atoms with Gasteiger partial charge in [-0.2, -0.15) is 0 Å². The average molecular weight is 268 g/mol. The van der Waals surface area contributed by atoms with Crippen molar-refractivity contribution in [3.63, 3.8) is 0 Å². The number of hydrogen-bond acceptors (Lipinski definition) is 2. The van der Waals surface area contributed by atoms with Gasteiger partial charge < -0.3 is 11.1 Å². The van der Waals surface area contributed by atoms with Crippen LogP contribution in [0.2, 0.25) is 0 Å². The van der Waals surface area contributed by atoms with Crippen molar-refractivity contribution in [1.82, 2.24) is 0 Å². The summed E-state index contributed by atoms with van der Waals surface area (Å²) in [6, 6.07) is 18.1. The van der Waals surface area contributed by atoms with Crippen molar-refractivity contribution in [2.75, 3.05) is 5.32 Å². The molecule has 2 rings (SSSR count). The first-order chi connectivity index (χ1) is 9.65. The number of benzene rings is 2. The van der Waals surface area contributed by atoms with Gasteiger partial charge >= 0.3 is 0 Å². The van der Waals surface area contributed by atoms with E-state index in [0.717, 1.165) is 18.5 Å². The fourth-order valence-corrected chi connectivity index (χ4v) is 2.15. The summed E-state index contributed by atoms with van der Waals surface area (Å²) in [5.41, 5.74) is 8.09. The number of anilines is 1. The van der Waals surface area contributed by atoms with Crippen molar-refractivity contribution in [2.45, 2.75) is 25.8 Å². The molecular weight excluding hydrogens is 248 g/mol. The molecule has 2 aromatic carbocycles. The lowest BCUT2D eigenvalue weighted by molar-refractivity contribution is 0.100. The van der Waals surface area contributed by atoms with Gasteiger partial charge in [0, 0.05) is 17.3 Å². The first-order valence-electron chi connectivity index (χ1n) is 6.85. The molecule has 0 radical (unpaired) electrons. The Morgan fingerprint density at radius 2 is 1.90 bits per heavy atom. The molecule has 0 saturated heterocycles. The minimum atomic E-state index is -0.398. The van der Waals surface area contributed by atoms with Crippen LogP contribution in [0, 0.1) is 0 Å². The van der Waals surface area contributed by atoms with E-state index in [2.05, 4.69) is 36.5 Å². The van der Waals surface area contributed by atoms with E-state index in [-0.39, 0.29) is 0 Å². The van der Waals surface area contributed by atoms with E-state index >= 15 is 0 Å². The monoisotopic (exact) mass is 268 g/mol. The highest BCUT2D eigenvalue weighted by atomic mass is 16.1. The summed E-state index contributed by atoms with van der Waals surface area (Å²) in [7, 11) is 0. The molecule has 0 spiro atoms. The molecule has 0 bridgehead atoms. The van der Waals surface area contributed by atoms with Gasteiger partial charge in [-0.1, -0.05) is 36.4 Å². The predicted molar refractivity (Wildman–Crippen MR) is 82.8 cm³/mol. The van der Waals surface area contributed by atoms with E-state index in [1.807, 2.05) is 18.2 Å². The second-order valence-electron chi connectivity index (χ2n) is 5.01. The summed E-state index contributed by atoms with van der Waals surface area (Å²) >= 11 is 0. The maximum absolute atomic E-state index is 11.1. The summed E-state index contributed by atoms with van der Waals surface area (Å²) in [5, 5.41) is 3.40. The zero-order chi connectivity index (χ0) is 14.4. The largest absolute Gasteiger partial charge is 0.383 e. The highest BCUT2D eigenvalue weighted by Crippen LogP contribution is 2.14. The van der Waals surface area contributed by atoms with Gasteiger partial charge in [0.2, 0.25) is 5.91 Å². The number of carbonyl (C=O) groups is 1. The van der Waals surface area contributed by atoms with Gasteiger partial charge in [0.15, 0.2) is 0 Å². The normalized spacial score (nSPS) is 11.8. The second kappa shape index (κ2) is 6.75. The summed E-state index contributed by atoms with van der Waals surface area (Å²) < 4.78 is 0. The average Bonchev–Trinajstić information content (AvgIpc) is 2.46. The Labute approximate surface area is 119 Å².